The molecule has 4 heteroatoms. The van der Waals surface area contributed by atoms with Gasteiger partial charge in [0, 0.05) is 12.8 Å². The van der Waals surface area contributed by atoms with Gasteiger partial charge in [0.2, 0.25) is 0 Å². The Kier molecular flexibility index (Phi) is 9.37. The minimum atomic E-state index is -0.412. The Hall–Kier alpha value is -0.410. The van der Waals surface area contributed by atoms with Crippen molar-refractivity contribution in [1.82, 2.24) is 0 Å². The molecule has 0 fully saturated rings. The van der Waals surface area contributed by atoms with Crippen LogP contribution in [0.1, 0.15) is 40.0 Å². The van der Waals surface area contributed by atoms with Crippen molar-refractivity contribution >= 4 is 23.6 Å². The zero-order valence-corrected chi connectivity index (χ0v) is 12.0. The predicted molar refractivity (Wildman–Crippen MR) is 73.2 cm³/mol. The highest BCUT2D eigenvalue weighted by molar-refractivity contribution is 6.27. The number of halogens is 1. The van der Waals surface area contributed by atoms with Crippen LogP contribution in [0.3, 0.4) is 0 Å². The summed E-state index contributed by atoms with van der Waals surface area (Å²) >= 11 is 5.85. The van der Waals surface area contributed by atoms with Gasteiger partial charge in [-0.25, -0.2) is 0 Å². The summed E-state index contributed by atoms with van der Waals surface area (Å²) in [5, 5.41) is -0.412. The van der Waals surface area contributed by atoms with Crippen LogP contribution < -0.4 is 0 Å². The van der Waals surface area contributed by atoms with Crippen molar-refractivity contribution in [2.24, 2.45) is 10.9 Å². The van der Waals surface area contributed by atoms with Crippen LogP contribution in [0.2, 0.25) is 0 Å². The van der Waals surface area contributed by atoms with Crippen molar-refractivity contribution < 1.29 is 9.53 Å². The molecule has 0 aromatic rings. The zero-order chi connectivity index (χ0) is 13.3. The van der Waals surface area contributed by atoms with E-state index in [4.69, 9.17) is 16.3 Å². The molecule has 0 radical (unpaired) electrons. The van der Waals surface area contributed by atoms with E-state index in [0.717, 1.165) is 24.8 Å². The van der Waals surface area contributed by atoms with Gasteiger partial charge in [0.15, 0.2) is 0 Å². The Morgan fingerprint density at radius 2 is 2.12 bits per heavy atom. The third kappa shape index (κ3) is 7.50. The first-order valence-corrected chi connectivity index (χ1v) is 6.63. The van der Waals surface area contributed by atoms with Crippen LogP contribution in [-0.2, 0) is 9.53 Å². The molecule has 0 aromatic heterocycles. The second-order valence-electron chi connectivity index (χ2n) is 4.46. The number of aliphatic imine (C=N–C) groups is 1. The van der Waals surface area contributed by atoms with Gasteiger partial charge in [-0.1, -0.05) is 20.3 Å². The lowest BCUT2D eigenvalue weighted by atomic mass is 9.96. The fourth-order valence-electron chi connectivity index (χ4n) is 1.79. The standard InChI is InChI=1S/C13H24ClNO2/c1-5-6-13(15-11(3)9-17-4)10(2)7-12(14)8-16/h8,10-12H,5-7,9H2,1-4H3. The van der Waals surface area contributed by atoms with Gasteiger partial charge in [-0.15, -0.1) is 11.6 Å². The molecule has 0 spiro atoms. The van der Waals surface area contributed by atoms with E-state index >= 15 is 0 Å². The van der Waals surface area contributed by atoms with Crippen LogP contribution in [0, 0.1) is 5.92 Å². The molecule has 0 N–H and O–H groups in total. The average molecular weight is 262 g/mol. The molecule has 0 rings (SSSR count). The Balaban J connectivity index is 4.53. The topological polar surface area (TPSA) is 38.7 Å². The Morgan fingerprint density at radius 3 is 2.59 bits per heavy atom. The molecule has 0 saturated carbocycles. The highest BCUT2D eigenvalue weighted by atomic mass is 35.5. The predicted octanol–water partition coefficient (Wildman–Crippen LogP) is 3.09. The van der Waals surface area contributed by atoms with Crippen molar-refractivity contribution in [1.29, 1.82) is 0 Å². The van der Waals surface area contributed by atoms with Crippen molar-refractivity contribution in [2.75, 3.05) is 13.7 Å². The normalized spacial score (nSPS) is 17.6. The maximum Gasteiger partial charge on any atom is 0.137 e. The number of alkyl halides is 1. The van der Waals surface area contributed by atoms with Gasteiger partial charge in [0.05, 0.1) is 18.0 Å². The lowest BCUT2D eigenvalue weighted by molar-refractivity contribution is -0.107. The first kappa shape index (κ1) is 16.6. The summed E-state index contributed by atoms with van der Waals surface area (Å²) in [4.78, 5) is 15.2. The summed E-state index contributed by atoms with van der Waals surface area (Å²) in [6.45, 7) is 6.86. The first-order valence-electron chi connectivity index (χ1n) is 6.19. The second-order valence-corrected chi connectivity index (χ2v) is 5.02. The molecule has 0 heterocycles. The Labute approximate surface area is 110 Å². The van der Waals surface area contributed by atoms with Gasteiger partial charge in [0.25, 0.3) is 0 Å². The van der Waals surface area contributed by atoms with E-state index in [2.05, 4.69) is 18.8 Å². The molecular formula is C13H24ClNO2. The number of hydrogen-bond acceptors (Lipinski definition) is 3. The highest BCUT2D eigenvalue weighted by Crippen LogP contribution is 2.16. The Morgan fingerprint density at radius 1 is 1.47 bits per heavy atom. The molecule has 17 heavy (non-hydrogen) atoms. The van der Waals surface area contributed by atoms with Crippen LogP contribution in [-0.4, -0.2) is 37.1 Å². The van der Waals surface area contributed by atoms with Crippen molar-refractivity contribution in [3.8, 4) is 0 Å². The summed E-state index contributed by atoms with van der Waals surface area (Å²) in [5.74, 6) is 0.252. The molecule has 0 aliphatic rings. The number of rotatable bonds is 9. The van der Waals surface area contributed by atoms with Crippen LogP contribution in [0.4, 0.5) is 0 Å². The summed E-state index contributed by atoms with van der Waals surface area (Å²) in [7, 11) is 1.68. The Bertz CT molecular complexity index is 244. The van der Waals surface area contributed by atoms with E-state index in [1.807, 2.05) is 6.92 Å². The molecule has 0 amide bonds. The summed E-state index contributed by atoms with van der Waals surface area (Å²) < 4.78 is 5.08. The van der Waals surface area contributed by atoms with E-state index in [-0.39, 0.29) is 12.0 Å². The molecule has 3 unspecified atom stereocenters. The maximum atomic E-state index is 10.6. The molecule has 0 aromatic carbocycles. The molecule has 0 saturated heterocycles. The average Bonchev–Trinajstić information content (AvgIpc) is 2.28. The molecule has 0 aliphatic heterocycles. The van der Waals surface area contributed by atoms with Crippen LogP contribution in [0.15, 0.2) is 4.99 Å². The van der Waals surface area contributed by atoms with E-state index < -0.39 is 5.38 Å². The lowest BCUT2D eigenvalue weighted by Gasteiger charge is -2.17. The van der Waals surface area contributed by atoms with E-state index in [0.29, 0.717) is 13.0 Å². The van der Waals surface area contributed by atoms with Crippen LogP contribution in [0.25, 0.3) is 0 Å². The number of methoxy groups -OCH3 is 1. The number of carbonyl (C=O) groups excluding carboxylic acids is 1. The fourth-order valence-corrected chi connectivity index (χ4v) is 2.05. The quantitative estimate of drug-likeness (QED) is 0.363. The van der Waals surface area contributed by atoms with Crippen molar-refractivity contribution in [3.05, 3.63) is 0 Å². The molecule has 0 aliphatic carbocycles. The van der Waals surface area contributed by atoms with E-state index in [1.54, 1.807) is 7.11 Å². The lowest BCUT2D eigenvalue weighted by Crippen LogP contribution is -2.20. The van der Waals surface area contributed by atoms with Gasteiger partial charge < -0.3 is 9.53 Å². The summed E-state index contributed by atoms with van der Waals surface area (Å²) in [6, 6.07) is 0.161. The SMILES string of the molecule is CCCC(=NC(C)COC)C(C)CC(Cl)C=O. The van der Waals surface area contributed by atoms with Gasteiger partial charge in [-0.3, -0.25) is 4.99 Å². The molecule has 3 atom stereocenters. The summed E-state index contributed by atoms with van der Waals surface area (Å²) in [5.41, 5.74) is 1.14. The first-order chi connectivity index (χ1) is 8.04. The monoisotopic (exact) mass is 261 g/mol. The minimum Gasteiger partial charge on any atom is -0.382 e. The number of aldehydes is 1. The fraction of sp³-hybridized carbons (Fsp3) is 0.846. The summed E-state index contributed by atoms with van der Waals surface area (Å²) in [6.07, 6.45) is 3.46. The molecule has 0 bridgehead atoms. The second kappa shape index (κ2) is 9.60. The van der Waals surface area contributed by atoms with E-state index in [1.165, 1.54) is 0 Å². The van der Waals surface area contributed by atoms with Crippen molar-refractivity contribution in [3.63, 3.8) is 0 Å². The van der Waals surface area contributed by atoms with Crippen molar-refractivity contribution in [2.45, 2.75) is 51.5 Å². The molecule has 3 nitrogen and oxygen atoms in total. The van der Waals surface area contributed by atoms with E-state index in [9.17, 15) is 4.79 Å². The third-order valence-corrected chi connectivity index (χ3v) is 2.88. The number of hydrogen-bond donors (Lipinski definition) is 0. The van der Waals surface area contributed by atoms with Gasteiger partial charge in [-0.05, 0) is 25.7 Å². The third-order valence-electron chi connectivity index (χ3n) is 2.60. The van der Waals surface area contributed by atoms with Crippen LogP contribution in [0.5, 0.6) is 0 Å². The smallest absolute Gasteiger partial charge is 0.137 e. The minimum absolute atomic E-state index is 0.161. The maximum absolute atomic E-state index is 10.6. The molecule has 100 valence electrons. The van der Waals surface area contributed by atoms with Gasteiger partial charge >= 0.3 is 0 Å². The highest BCUT2D eigenvalue weighted by Gasteiger charge is 2.15. The number of carbonyl (C=O) groups is 1. The largest absolute Gasteiger partial charge is 0.382 e. The number of nitrogens with zero attached hydrogens (tertiary/aromatic N) is 1. The van der Waals surface area contributed by atoms with Gasteiger partial charge in [0.1, 0.15) is 6.29 Å². The molecular weight excluding hydrogens is 238 g/mol. The van der Waals surface area contributed by atoms with Gasteiger partial charge in [-0.2, -0.15) is 0 Å². The number of ether oxygens (including phenoxy) is 1. The zero-order valence-electron chi connectivity index (χ0n) is 11.3. The van der Waals surface area contributed by atoms with Crippen LogP contribution >= 0.6 is 11.6 Å².